The van der Waals surface area contributed by atoms with Crippen LogP contribution in [0.15, 0.2) is 42.5 Å². The van der Waals surface area contributed by atoms with Crippen LogP contribution in [0.2, 0.25) is 0 Å². The monoisotopic (exact) mass is 438 g/mol. The van der Waals surface area contributed by atoms with E-state index in [9.17, 15) is 19.5 Å². The Labute approximate surface area is 186 Å². The van der Waals surface area contributed by atoms with Crippen LogP contribution in [0.25, 0.3) is 0 Å². The first-order chi connectivity index (χ1) is 15.4. The van der Waals surface area contributed by atoms with Gasteiger partial charge in [0.1, 0.15) is 24.2 Å². The van der Waals surface area contributed by atoms with Crippen LogP contribution in [-0.2, 0) is 23.9 Å². The number of nitrogens with zero attached hydrogens (tertiary/aromatic N) is 2. The number of likely N-dealkylation sites (tertiary alicyclic amines) is 1. The van der Waals surface area contributed by atoms with Crippen molar-refractivity contribution in [2.45, 2.75) is 31.6 Å². The lowest BCUT2D eigenvalue weighted by atomic mass is 9.78. The molecule has 1 N–H and O–H groups in total. The van der Waals surface area contributed by atoms with Crippen molar-refractivity contribution in [3.8, 4) is 0 Å². The third-order valence-electron chi connectivity index (χ3n) is 6.91. The average Bonchev–Trinajstić information content (AvgIpc) is 3.05. The zero-order chi connectivity index (χ0) is 22.6. The first kappa shape index (κ1) is 20.9. The summed E-state index contributed by atoms with van der Waals surface area (Å²) in [4.78, 5) is 43.4. The van der Waals surface area contributed by atoms with Gasteiger partial charge in [0, 0.05) is 18.8 Å². The fraction of sp³-hybridized carbons (Fsp3) is 0.458. The van der Waals surface area contributed by atoms with Crippen LogP contribution < -0.4 is 4.90 Å². The predicted octanol–water partition coefficient (Wildman–Crippen LogP) is 0.892. The third-order valence-corrected chi connectivity index (χ3v) is 6.91. The topological polar surface area (TPSA) is 96.4 Å². The molecular formula is C24H26N2O6. The maximum Gasteiger partial charge on any atom is 0.313 e. The molecule has 0 bridgehead atoms. The van der Waals surface area contributed by atoms with Gasteiger partial charge < -0.3 is 24.4 Å². The van der Waals surface area contributed by atoms with Gasteiger partial charge in [-0.2, -0.15) is 0 Å². The van der Waals surface area contributed by atoms with Crippen molar-refractivity contribution in [3.63, 3.8) is 0 Å². The number of rotatable bonds is 3. The standard InChI is InChI=1S/C24H26N2O6/c1-14-6-7-15(2)16(13-14)25-9-4-8-24-19(18-17(32-24)5-3-12-31-23(18)30)21(28)26(10-11-27)20(24)22(25)29/h3-8,13,17-20,27H,9-12H2,1-2H3/t17-,18+,19-,20?,24-/m0/s1. The number of aliphatic hydroxyl groups excluding tert-OH is 1. The first-order valence-corrected chi connectivity index (χ1v) is 10.9. The number of esters is 1. The number of ether oxygens (including phenoxy) is 2. The molecule has 1 aromatic rings. The normalized spacial score (nSPS) is 33.5. The summed E-state index contributed by atoms with van der Waals surface area (Å²) in [6.07, 6.45) is 6.41. The van der Waals surface area contributed by atoms with Crippen molar-refractivity contribution in [1.29, 1.82) is 0 Å². The number of hydrogen-bond acceptors (Lipinski definition) is 6. The van der Waals surface area contributed by atoms with Crippen molar-refractivity contribution >= 4 is 23.5 Å². The number of aliphatic hydroxyl groups is 1. The fourth-order valence-electron chi connectivity index (χ4n) is 5.54. The zero-order valence-corrected chi connectivity index (χ0v) is 18.1. The molecule has 8 nitrogen and oxygen atoms in total. The number of amides is 2. The quantitative estimate of drug-likeness (QED) is 0.556. The molecule has 4 heterocycles. The molecule has 5 rings (SSSR count). The van der Waals surface area contributed by atoms with Crippen molar-refractivity contribution in [2.24, 2.45) is 11.8 Å². The Morgan fingerprint density at radius 2 is 1.97 bits per heavy atom. The summed E-state index contributed by atoms with van der Waals surface area (Å²) < 4.78 is 11.7. The van der Waals surface area contributed by atoms with E-state index in [-0.39, 0.29) is 31.6 Å². The Balaban J connectivity index is 1.63. The molecule has 1 unspecified atom stereocenters. The molecule has 2 fully saturated rings. The number of anilines is 1. The van der Waals surface area contributed by atoms with Gasteiger partial charge in [-0.05, 0) is 37.1 Å². The van der Waals surface area contributed by atoms with E-state index in [1.165, 1.54) is 4.90 Å². The van der Waals surface area contributed by atoms with E-state index in [0.717, 1.165) is 16.8 Å². The van der Waals surface area contributed by atoms with Crippen LogP contribution in [0.3, 0.4) is 0 Å². The third kappa shape index (κ3) is 2.86. The first-order valence-electron chi connectivity index (χ1n) is 10.9. The van der Waals surface area contributed by atoms with Gasteiger partial charge in [-0.15, -0.1) is 0 Å². The Hall–Kier alpha value is -2.97. The van der Waals surface area contributed by atoms with E-state index in [1.807, 2.05) is 38.1 Å². The van der Waals surface area contributed by atoms with Crippen molar-refractivity contribution in [2.75, 3.05) is 31.2 Å². The van der Waals surface area contributed by atoms with Gasteiger partial charge in [-0.1, -0.05) is 30.4 Å². The lowest BCUT2D eigenvalue weighted by molar-refractivity contribution is -0.152. The summed E-state index contributed by atoms with van der Waals surface area (Å²) in [6, 6.07) is 4.90. The SMILES string of the molecule is Cc1ccc(C)c(N2CC=C[C@]34O[C@H]5C=CCOC(=O)[C@H]5[C@H]3C(=O)N(CCO)C4C2=O)c1. The lowest BCUT2D eigenvalue weighted by Gasteiger charge is -2.35. The summed E-state index contributed by atoms with van der Waals surface area (Å²) in [5.74, 6) is -2.89. The minimum atomic E-state index is -1.30. The Kier molecular flexibility index (Phi) is 4.94. The summed E-state index contributed by atoms with van der Waals surface area (Å²) in [5, 5.41) is 9.66. The Morgan fingerprint density at radius 3 is 2.75 bits per heavy atom. The molecule has 0 aromatic heterocycles. The van der Waals surface area contributed by atoms with E-state index in [2.05, 4.69) is 0 Å². The maximum atomic E-state index is 14.0. The lowest BCUT2D eigenvalue weighted by Crippen LogP contribution is -2.55. The molecule has 1 spiro atoms. The molecule has 168 valence electrons. The Morgan fingerprint density at radius 1 is 1.16 bits per heavy atom. The van der Waals surface area contributed by atoms with Gasteiger partial charge in [-0.25, -0.2) is 0 Å². The number of carbonyl (C=O) groups is 3. The van der Waals surface area contributed by atoms with Gasteiger partial charge in [-0.3, -0.25) is 14.4 Å². The summed E-state index contributed by atoms with van der Waals surface area (Å²) in [5.41, 5.74) is 1.42. The number of cyclic esters (lactones) is 1. The van der Waals surface area contributed by atoms with Crippen molar-refractivity contribution in [1.82, 2.24) is 4.90 Å². The minimum absolute atomic E-state index is 0.0202. The molecular weight excluding hydrogens is 412 g/mol. The van der Waals surface area contributed by atoms with Crippen molar-refractivity contribution in [3.05, 3.63) is 53.6 Å². The molecule has 2 saturated heterocycles. The van der Waals surface area contributed by atoms with E-state index in [0.29, 0.717) is 6.54 Å². The van der Waals surface area contributed by atoms with Gasteiger partial charge in [0.2, 0.25) is 5.91 Å². The average molecular weight is 438 g/mol. The van der Waals surface area contributed by atoms with Gasteiger partial charge >= 0.3 is 5.97 Å². The largest absolute Gasteiger partial charge is 0.461 e. The van der Waals surface area contributed by atoms with E-state index in [1.54, 1.807) is 23.1 Å². The molecule has 0 radical (unpaired) electrons. The highest BCUT2D eigenvalue weighted by Crippen LogP contribution is 2.53. The number of β-amino-alcohol motifs (C(OH)–C–C–N with tert-alkyl or cyclic N) is 1. The zero-order valence-electron chi connectivity index (χ0n) is 18.1. The summed E-state index contributed by atoms with van der Waals surface area (Å²) in [7, 11) is 0. The van der Waals surface area contributed by atoms with Gasteiger partial charge in [0.25, 0.3) is 5.91 Å². The van der Waals surface area contributed by atoms with Crippen LogP contribution in [0.5, 0.6) is 0 Å². The molecule has 0 aliphatic carbocycles. The Bertz CT molecular complexity index is 1050. The van der Waals surface area contributed by atoms with Crippen LogP contribution in [0, 0.1) is 25.7 Å². The number of benzene rings is 1. The minimum Gasteiger partial charge on any atom is -0.461 e. The van der Waals surface area contributed by atoms with Gasteiger partial charge in [0.05, 0.1) is 18.6 Å². The second-order valence-electron chi connectivity index (χ2n) is 8.80. The summed E-state index contributed by atoms with van der Waals surface area (Å²) >= 11 is 0. The maximum absolute atomic E-state index is 14.0. The fourth-order valence-corrected chi connectivity index (χ4v) is 5.54. The predicted molar refractivity (Wildman–Crippen MR) is 115 cm³/mol. The van der Waals surface area contributed by atoms with E-state index in [4.69, 9.17) is 9.47 Å². The second-order valence-corrected chi connectivity index (χ2v) is 8.80. The van der Waals surface area contributed by atoms with E-state index < -0.39 is 35.6 Å². The number of hydrogen-bond donors (Lipinski definition) is 1. The second kappa shape index (κ2) is 7.56. The molecule has 1 aromatic carbocycles. The molecule has 8 heteroatoms. The van der Waals surface area contributed by atoms with Crippen LogP contribution in [0.4, 0.5) is 5.69 Å². The smallest absolute Gasteiger partial charge is 0.313 e. The number of carbonyl (C=O) groups excluding carboxylic acids is 3. The highest BCUT2D eigenvalue weighted by atomic mass is 16.6. The van der Waals surface area contributed by atoms with Gasteiger partial charge in [0.15, 0.2) is 0 Å². The molecule has 0 saturated carbocycles. The van der Waals surface area contributed by atoms with E-state index >= 15 is 0 Å². The summed E-state index contributed by atoms with van der Waals surface area (Å²) in [6.45, 7) is 4.01. The number of aryl methyl sites for hydroxylation is 2. The molecule has 5 atom stereocenters. The van der Waals surface area contributed by atoms with Crippen molar-refractivity contribution < 1.29 is 29.0 Å². The molecule has 2 amide bonds. The highest BCUT2D eigenvalue weighted by molar-refractivity contribution is 6.05. The highest BCUT2D eigenvalue weighted by Gasteiger charge is 2.71. The molecule has 32 heavy (non-hydrogen) atoms. The van der Waals surface area contributed by atoms with Crippen LogP contribution in [-0.4, -0.2) is 71.8 Å². The van der Waals surface area contributed by atoms with Crippen LogP contribution >= 0.6 is 0 Å². The number of fused-ring (bicyclic) bond motifs is 2. The van der Waals surface area contributed by atoms with Crippen LogP contribution in [0.1, 0.15) is 11.1 Å². The molecule has 4 aliphatic rings. The molecule has 4 aliphatic heterocycles.